The van der Waals surface area contributed by atoms with Crippen molar-refractivity contribution in [1.29, 1.82) is 0 Å². The van der Waals surface area contributed by atoms with Crippen LogP contribution in [0.25, 0.3) is 0 Å². The Kier molecular flexibility index (Phi) is 3.93. The van der Waals surface area contributed by atoms with Gasteiger partial charge in [0.15, 0.2) is 0 Å². The minimum atomic E-state index is -0.792. The smallest absolute Gasteiger partial charge is 0.106 e. The van der Waals surface area contributed by atoms with Crippen molar-refractivity contribution in [3.05, 3.63) is 63.9 Å². The fourth-order valence-corrected chi connectivity index (χ4v) is 3.32. The van der Waals surface area contributed by atoms with Crippen LogP contribution in [0, 0.1) is 0 Å². The molecular formula is C16H15Cl2NO2. The third-order valence-electron chi connectivity index (χ3n) is 4.19. The number of rotatable bonds is 3. The molecule has 1 aliphatic rings. The largest absolute Gasteiger partial charge is 0.393 e. The van der Waals surface area contributed by atoms with Crippen LogP contribution in [0.4, 0.5) is 0 Å². The van der Waals surface area contributed by atoms with Gasteiger partial charge < -0.3 is 10.2 Å². The first-order chi connectivity index (χ1) is 10.0. The minimum absolute atomic E-state index is 0.419. The first-order valence-corrected chi connectivity index (χ1v) is 7.51. The van der Waals surface area contributed by atoms with Crippen molar-refractivity contribution in [3.63, 3.8) is 0 Å². The number of hydrogen-bond donors (Lipinski definition) is 2. The Balaban J connectivity index is 2.02. The van der Waals surface area contributed by atoms with Gasteiger partial charge in [-0.15, -0.1) is 0 Å². The summed E-state index contributed by atoms with van der Waals surface area (Å²) in [5, 5.41) is 21.5. The van der Waals surface area contributed by atoms with Crippen molar-refractivity contribution < 1.29 is 10.2 Å². The number of aromatic nitrogens is 1. The van der Waals surface area contributed by atoms with Crippen LogP contribution in [-0.2, 0) is 5.41 Å². The van der Waals surface area contributed by atoms with Crippen molar-refractivity contribution in [1.82, 2.24) is 4.98 Å². The predicted molar refractivity (Wildman–Crippen MR) is 82.6 cm³/mol. The lowest BCUT2D eigenvalue weighted by Gasteiger charge is -2.48. The molecule has 0 aliphatic heterocycles. The summed E-state index contributed by atoms with van der Waals surface area (Å²) in [6.45, 7) is 0. The van der Waals surface area contributed by atoms with Gasteiger partial charge in [0.25, 0.3) is 0 Å². The van der Waals surface area contributed by atoms with Crippen molar-refractivity contribution in [2.75, 3.05) is 0 Å². The van der Waals surface area contributed by atoms with E-state index in [0.29, 0.717) is 28.6 Å². The Labute approximate surface area is 133 Å². The average Bonchev–Trinajstić information content (AvgIpc) is 2.47. The molecule has 1 unspecified atom stereocenters. The quantitative estimate of drug-likeness (QED) is 0.908. The maximum Gasteiger partial charge on any atom is 0.106 e. The fourth-order valence-electron chi connectivity index (χ4n) is 3.02. The lowest BCUT2D eigenvalue weighted by molar-refractivity contribution is -0.0591. The Hall–Kier alpha value is -1.13. The molecule has 1 saturated carbocycles. The zero-order valence-electron chi connectivity index (χ0n) is 11.2. The number of pyridine rings is 1. The minimum Gasteiger partial charge on any atom is -0.393 e. The van der Waals surface area contributed by atoms with E-state index in [1.54, 1.807) is 30.5 Å². The third kappa shape index (κ3) is 2.55. The van der Waals surface area contributed by atoms with Crippen LogP contribution in [0.15, 0.2) is 42.6 Å². The highest BCUT2D eigenvalue weighted by Crippen LogP contribution is 2.52. The van der Waals surface area contributed by atoms with Crippen molar-refractivity contribution in [3.8, 4) is 0 Å². The number of benzene rings is 1. The summed E-state index contributed by atoms with van der Waals surface area (Å²) >= 11 is 12.1. The molecule has 0 spiro atoms. The van der Waals surface area contributed by atoms with Gasteiger partial charge in [-0.05, 0) is 42.7 Å². The molecule has 1 atom stereocenters. The molecule has 1 aromatic heterocycles. The SMILES string of the molecule is OC1CC(c2ccc(Cl)c(Cl)c2)(C(O)c2ccccn2)C1. The topological polar surface area (TPSA) is 53.4 Å². The lowest BCUT2D eigenvalue weighted by atomic mass is 9.59. The van der Waals surface area contributed by atoms with Gasteiger partial charge in [-0.1, -0.05) is 35.3 Å². The van der Waals surface area contributed by atoms with Crippen LogP contribution in [0.2, 0.25) is 10.0 Å². The number of aliphatic hydroxyl groups excluding tert-OH is 2. The van der Waals surface area contributed by atoms with Crippen molar-refractivity contribution in [2.45, 2.75) is 30.5 Å². The normalized spacial score (nSPS) is 26.2. The summed E-state index contributed by atoms with van der Waals surface area (Å²) in [7, 11) is 0. The Morgan fingerprint density at radius 3 is 2.48 bits per heavy atom. The van der Waals surface area contributed by atoms with Crippen molar-refractivity contribution >= 4 is 23.2 Å². The molecule has 21 heavy (non-hydrogen) atoms. The van der Waals surface area contributed by atoms with E-state index in [0.717, 1.165) is 5.56 Å². The van der Waals surface area contributed by atoms with Crippen LogP contribution in [-0.4, -0.2) is 21.3 Å². The molecule has 110 valence electrons. The number of halogens is 2. The van der Waals surface area contributed by atoms with E-state index in [-0.39, 0.29) is 0 Å². The molecule has 2 aromatic rings. The molecular weight excluding hydrogens is 309 g/mol. The molecule has 1 aromatic carbocycles. The highest BCUT2D eigenvalue weighted by Gasteiger charge is 2.51. The van der Waals surface area contributed by atoms with Gasteiger partial charge in [-0.25, -0.2) is 0 Å². The van der Waals surface area contributed by atoms with Crippen LogP contribution >= 0.6 is 23.2 Å². The van der Waals surface area contributed by atoms with Gasteiger partial charge in [0.1, 0.15) is 6.10 Å². The van der Waals surface area contributed by atoms with E-state index in [2.05, 4.69) is 4.98 Å². The van der Waals surface area contributed by atoms with E-state index in [9.17, 15) is 10.2 Å². The van der Waals surface area contributed by atoms with E-state index in [4.69, 9.17) is 23.2 Å². The van der Waals surface area contributed by atoms with Gasteiger partial charge in [0.05, 0.1) is 21.8 Å². The fraction of sp³-hybridized carbons (Fsp3) is 0.312. The summed E-state index contributed by atoms with van der Waals surface area (Å²) in [4.78, 5) is 4.23. The standard InChI is InChI=1S/C16H15Cl2NO2/c17-12-5-4-10(7-13(12)18)16(8-11(20)9-16)15(21)14-3-1-2-6-19-14/h1-7,11,15,20-21H,8-9H2. The molecule has 1 fully saturated rings. The number of aliphatic hydroxyl groups is 2. The molecule has 3 rings (SSSR count). The van der Waals surface area contributed by atoms with Crippen LogP contribution in [0.1, 0.15) is 30.2 Å². The average molecular weight is 324 g/mol. The summed E-state index contributed by atoms with van der Waals surface area (Å²) in [5.41, 5.74) is 0.901. The third-order valence-corrected chi connectivity index (χ3v) is 4.92. The monoisotopic (exact) mass is 323 g/mol. The second kappa shape index (κ2) is 5.58. The maximum atomic E-state index is 10.8. The Morgan fingerprint density at radius 1 is 1.14 bits per heavy atom. The molecule has 1 heterocycles. The molecule has 3 nitrogen and oxygen atoms in total. The predicted octanol–water partition coefficient (Wildman–Crippen LogP) is 3.51. The molecule has 2 N–H and O–H groups in total. The first-order valence-electron chi connectivity index (χ1n) is 6.75. The molecule has 5 heteroatoms. The van der Waals surface area contributed by atoms with Crippen molar-refractivity contribution in [2.24, 2.45) is 0 Å². The summed E-state index contributed by atoms with van der Waals surface area (Å²) in [5.74, 6) is 0. The Morgan fingerprint density at radius 2 is 1.90 bits per heavy atom. The maximum absolute atomic E-state index is 10.8. The number of nitrogens with zero attached hydrogens (tertiary/aromatic N) is 1. The zero-order chi connectivity index (χ0) is 15.0. The molecule has 1 aliphatic carbocycles. The first kappa shape index (κ1) is 14.8. The van der Waals surface area contributed by atoms with Crippen LogP contribution in [0.3, 0.4) is 0 Å². The lowest BCUT2D eigenvalue weighted by Crippen LogP contribution is -2.49. The second-order valence-corrected chi connectivity index (χ2v) is 6.32. The summed E-state index contributed by atoms with van der Waals surface area (Å²) in [6, 6.07) is 10.8. The van der Waals surface area contributed by atoms with Crippen LogP contribution in [0.5, 0.6) is 0 Å². The van der Waals surface area contributed by atoms with Gasteiger partial charge in [0, 0.05) is 11.6 Å². The zero-order valence-corrected chi connectivity index (χ0v) is 12.7. The van der Waals surface area contributed by atoms with Gasteiger partial charge in [-0.3, -0.25) is 4.98 Å². The molecule has 0 radical (unpaired) electrons. The second-order valence-electron chi connectivity index (χ2n) is 5.50. The van der Waals surface area contributed by atoms with Crippen LogP contribution < -0.4 is 0 Å². The van der Waals surface area contributed by atoms with E-state index in [1.165, 1.54) is 0 Å². The molecule has 0 saturated heterocycles. The highest BCUT2D eigenvalue weighted by atomic mass is 35.5. The van der Waals surface area contributed by atoms with E-state index >= 15 is 0 Å². The highest BCUT2D eigenvalue weighted by molar-refractivity contribution is 6.42. The summed E-state index contributed by atoms with van der Waals surface area (Å²) in [6.07, 6.45) is 1.39. The van der Waals surface area contributed by atoms with E-state index in [1.807, 2.05) is 12.1 Å². The van der Waals surface area contributed by atoms with Gasteiger partial charge in [-0.2, -0.15) is 0 Å². The summed E-state index contributed by atoms with van der Waals surface area (Å²) < 4.78 is 0. The van der Waals surface area contributed by atoms with E-state index < -0.39 is 17.6 Å². The molecule has 0 bridgehead atoms. The number of hydrogen-bond acceptors (Lipinski definition) is 3. The Bertz CT molecular complexity index is 642. The van der Waals surface area contributed by atoms with Gasteiger partial charge in [0.2, 0.25) is 0 Å². The molecule has 0 amide bonds. The van der Waals surface area contributed by atoms with Gasteiger partial charge >= 0.3 is 0 Å².